The molecule has 7 rings (SSSR count). The van der Waals surface area contributed by atoms with Crippen LogP contribution in [0.1, 0.15) is 12.8 Å². The highest BCUT2D eigenvalue weighted by Crippen LogP contribution is 2.33. The topological polar surface area (TPSA) is 145 Å². The van der Waals surface area contributed by atoms with Crippen molar-refractivity contribution in [2.45, 2.75) is 12.8 Å². The number of imidazole rings is 1. The molecule has 5 heterocycles. The monoisotopic (exact) mass is 506 g/mol. The van der Waals surface area contributed by atoms with Crippen LogP contribution in [0.15, 0.2) is 61.2 Å². The molecule has 1 aliphatic rings. The largest absolute Gasteiger partial charge is 0.508 e. The van der Waals surface area contributed by atoms with Crippen LogP contribution >= 0.6 is 0 Å². The number of carbonyl (C=O) groups is 1. The number of amides is 1. The van der Waals surface area contributed by atoms with Gasteiger partial charge in [0, 0.05) is 40.9 Å². The smallest absolute Gasteiger partial charge is 0.227 e. The van der Waals surface area contributed by atoms with Crippen molar-refractivity contribution in [3.63, 3.8) is 0 Å². The minimum absolute atomic E-state index is 0.0108. The van der Waals surface area contributed by atoms with Crippen LogP contribution in [0.3, 0.4) is 0 Å². The molecule has 0 saturated heterocycles. The molecular formula is C27H19FN8O2. The van der Waals surface area contributed by atoms with Crippen LogP contribution in [-0.2, 0) is 4.79 Å². The van der Waals surface area contributed by atoms with Gasteiger partial charge < -0.3 is 15.4 Å². The Hall–Kier alpha value is -5.19. The minimum atomic E-state index is -0.571. The lowest BCUT2D eigenvalue weighted by Gasteiger charge is -2.06. The Labute approximate surface area is 214 Å². The second-order valence-corrected chi connectivity index (χ2v) is 9.25. The normalized spacial score (nSPS) is 13.3. The number of hydrogen-bond donors (Lipinski definition) is 4. The van der Waals surface area contributed by atoms with Gasteiger partial charge in [-0.3, -0.25) is 24.8 Å². The number of benzene rings is 1. The molecule has 0 spiro atoms. The molecule has 1 saturated carbocycles. The number of halogens is 1. The first-order chi connectivity index (χ1) is 18.5. The van der Waals surface area contributed by atoms with Crippen molar-refractivity contribution in [1.82, 2.24) is 35.1 Å². The second-order valence-electron chi connectivity index (χ2n) is 9.25. The molecule has 0 unspecified atom stereocenters. The zero-order chi connectivity index (χ0) is 25.8. The van der Waals surface area contributed by atoms with E-state index in [1.807, 2.05) is 12.1 Å². The molecule has 38 heavy (non-hydrogen) atoms. The van der Waals surface area contributed by atoms with Crippen LogP contribution in [0.2, 0.25) is 0 Å². The number of anilines is 1. The van der Waals surface area contributed by atoms with Gasteiger partial charge in [0.05, 0.1) is 40.5 Å². The van der Waals surface area contributed by atoms with Gasteiger partial charge in [-0.25, -0.2) is 9.37 Å². The lowest BCUT2D eigenvalue weighted by Crippen LogP contribution is -2.13. The standard InChI is InChI=1S/C27H19FN8O2/c28-16-5-14(7-18(37)8-16)23-25-20(3-4-30-23)33-26(34-25)24-19-9-21(31-12-22(19)35-36-24)15-6-17(11-29-10-15)32-27(38)13-1-2-13/h3-13,37H,1-2H2,(H,32,38)(H,33,34)(H,35,36). The number of aromatic hydroxyl groups is 1. The third kappa shape index (κ3) is 3.90. The van der Waals surface area contributed by atoms with E-state index < -0.39 is 5.82 Å². The van der Waals surface area contributed by atoms with Gasteiger partial charge in [0.25, 0.3) is 0 Å². The maximum atomic E-state index is 14.0. The van der Waals surface area contributed by atoms with E-state index in [1.54, 1.807) is 30.9 Å². The molecule has 6 aromatic rings. The summed E-state index contributed by atoms with van der Waals surface area (Å²) < 4.78 is 14.0. The lowest BCUT2D eigenvalue weighted by molar-refractivity contribution is -0.117. The fourth-order valence-electron chi connectivity index (χ4n) is 4.46. The van der Waals surface area contributed by atoms with Gasteiger partial charge in [0.2, 0.25) is 5.91 Å². The number of hydrogen-bond acceptors (Lipinski definition) is 7. The van der Waals surface area contributed by atoms with Crippen molar-refractivity contribution >= 4 is 33.5 Å². The molecule has 0 atom stereocenters. The van der Waals surface area contributed by atoms with Crippen LogP contribution in [0.4, 0.5) is 10.1 Å². The number of phenolic OH excluding ortho intramolecular Hbond substituents is 1. The Bertz CT molecular complexity index is 1850. The van der Waals surface area contributed by atoms with Gasteiger partial charge >= 0.3 is 0 Å². The van der Waals surface area contributed by atoms with Crippen molar-refractivity contribution in [2.75, 3.05) is 5.32 Å². The molecule has 1 fully saturated rings. The Morgan fingerprint density at radius 1 is 1.00 bits per heavy atom. The number of rotatable bonds is 5. The molecule has 5 aromatic heterocycles. The fourth-order valence-corrected chi connectivity index (χ4v) is 4.46. The van der Waals surface area contributed by atoms with Gasteiger partial charge in [-0.2, -0.15) is 5.10 Å². The summed E-state index contributed by atoms with van der Waals surface area (Å²) in [5.74, 6) is -0.177. The van der Waals surface area contributed by atoms with Crippen LogP contribution in [0.5, 0.6) is 5.75 Å². The van der Waals surface area contributed by atoms with E-state index in [4.69, 9.17) is 4.98 Å². The lowest BCUT2D eigenvalue weighted by atomic mass is 10.1. The summed E-state index contributed by atoms with van der Waals surface area (Å²) in [4.78, 5) is 33.4. The first-order valence-corrected chi connectivity index (χ1v) is 12.0. The molecule has 0 radical (unpaired) electrons. The van der Waals surface area contributed by atoms with Crippen LogP contribution in [-0.4, -0.2) is 46.1 Å². The summed E-state index contributed by atoms with van der Waals surface area (Å²) in [6.45, 7) is 0. The van der Waals surface area contributed by atoms with E-state index in [9.17, 15) is 14.3 Å². The van der Waals surface area contributed by atoms with Crippen molar-refractivity contribution < 1.29 is 14.3 Å². The summed E-state index contributed by atoms with van der Waals surface area (Å²) in [5.41, 5.74) is 5.34. The zero-order valence-electron chi connectivity index (χ0n) is 19.7. The number of aromatic nitrogens is 7. The zero-order valence-corrected chi connectivity index (χ0v) is 19.7. The Balaban J connectivity index is 1.29. The predicted molar refractivity (Wildman–Crippen MR) is 138 cm³/mol. The highest BCUT2D eigenvalue weighted by molar-refractivity contribution is 5.97. The van der Waals surface area contributed by atoms with Crippen LogP contribution in [0.25, 0.3) is 56.0 Å². The summed E-state index contributed by atoms with van der Waals surface area (Å²) in [6.07, 6.45) is 8.42. The number of fused-ring (bicyclic) bond motifs is 2. The average Bonchev–Trinajstić information content (AvgIpc) is 3.54. The number of phenols is 1. The van der Waals surface area contributed by atoms with Crippen molar-refractivity contribution in [3.05, 3.63) is 67.0 Å². The number of nitrogens with zero attached hydrogens (tertiary/aromatic N) is 5. The Kier molecular flexibility index (Phi) is 4.90. The fraction of sp³-hybridized carbons (Fsp3) is 0.111. The molecule has 4 N–H and O–H groups in total. The predicted octanol–water partition coefficient (Wildman–Crippen LogP) is 4.82. The van der Waals surface area contributed by atoms with Crippen molar-refractivity contribution in [3.8, 4) is 39.8 Å². The van der Waals surface area contributed by atoms with E-state index in [-0.39, 0.29) is 17.6 Å². The third-order valence-corrected chi connectivity index (χ3v) is 6.48. The third-order valence-electron chi connectivity index (χ3n) is 6.48. The molecule has 10 nitrogen and oxygen atoms in total. The Morgan fingerprint density at radius 2 is 1.89 bits per heavy atom. The van der Waals surface area contributed by atoms with Gasteiger partial charge in [0.1, 0.15) is 22.8 Å². The molecule has 0 bridgehead atoms. The minimum Gasteiger partial charge on any atom is -0.508 e. The molecule has 186 valence electrons. The highest BCUT2D eigenvalue weighted by atomic mass is 19.1. The van der Waals surface area contributed by atoms with Crippen molar-refractivity contribution in [2.24, 2.45) is 5.92 Å². The van der Waals surface area contributed by atoms with E-state index in [1.165, 1.54) is 12.1 Å². The molecule has 1 aromatic carbocycles. The highest BCUT2D eigenvalue weighted by Gasteiger charge is 2.29. The number of H-pyrrole nitrogens is 2. The SMILES string of the molecule is O=C(Nc1cncc(-c2cc3c(-c4nc5c(-c6cc(O)cc(F)c6)nccc5[nH]4)n[nH]c3cn2)c1)C1CC1. The van der Waals surface area contributed by atoms with E-state index >= 15 is 0 Å². The van der Waals surface area contributed by atoms with Gasteiger partial charge in [0.15, 0.2) is 5.82 Å². The summed E-state index contributed by atoms with van der Waals surface area (Å²) >= 11 is 0. The summed E-state index contributed by atoms with van der Waals surface area (Å²) in [5, 5.41) is 21.0. The van der Waals surface area contributed by atoms with Gasteiger partial charge in [-0.1, -0.05) is 0 Å². The number of carbonyl (C=O) groups excluding carboxylic acids is 1. The quantitative estimate of drug-likeness (QED) is 0.262. The van der Waals surface area contributed by atoms with E-state index in [2.05, 4.69) is 35.5 Å². The maximum absolute atomic E-state index is 14.0. The first-order valence-electron chi connectivity index (χ1n) is 12.0. The summed E-state index contributed by atoms with van der Waals surface area (Å²) in [6, 6.07) is 9.27. The molecular weight excluding hydrogens is 487 g/mol. The first kappa shape index (κ1) is 22.0. The Morgan fingerprint density at radius 3 is 2.74 bits per heavy atom. The number of nitrogens with one attached hydrogen (secondary N) is 3. The average molecular weight is 507 g/mol. The maximum Gasteiger partial charge on any atom is 0.227 e. The van der Waals surface area contributed by atoms with Crippen LogP contribution in [0, 0.1) is 11.7 Å². The van der Waals surface area contributed by atoms with E-state index in [0.717, 1.165) is 29.9 Å². The van der Waals surface area contributed by atoms with E-state index in [0.29, 0.717) is 50.7 Å². The number of pyridine rings is 3. The molecule has 1 amide bonds. The summed E-state index contributed by atoms with van der Waals surface area (Å²) in [7, 11) is 0. The van der Waals surface area contributed by atoms with Crippen LogP contribution < -0.4 is 5.32 Å². The van der Waals surface area contributed by atoms with Crippen molar-refractivity contribution in [1.29, 1.82) is 0 Å². The number of aromatic amines is 2. The molecule has 1 aliphatic carbocycles. The molecule has 0 aliphatic heterocycles. The second kappa shape index (κ2) is 8.44. The molecule has 11 heteroatoms. The van der Waals surface area contributed by atoms with Gasteiger partial charge in [-0.15, -0.1) is 0 Å². The van der Waals surface area contributed by atoms with Gasteiger partial charge in [-0.05, 0) is 43.2 Å².